The molecular weight excluding hydrogens is 899 g/mol. The van der Waals surface area contributed by atoms with Crippen LogP contribution < -0.4 is 11.1 Å². The maximum absolute atomic E-state index is 14.2. The molecule has 2 aromatic rings. The second-order valence-corrected chi connectivity index (χ2v) is 21.6. The first kappa shape index (κ1) is 59.2. The van der Waals surface area contributed by atoms with Crippen molar-refractivity contribution in [2.75, 3.05) is 55.0 Å². The third kappa shape index (κ3) is 17.6. The number of ether oxygens (including phenoxy) is 4. The van der Waals surface area contributed by atoms with Crippen molar-refractivity contribution >= 4 is 41.1 Å². The van der Waals surface area contributed by atoms with E-state index in [0.29, 0.717) is 32.5 Å². The molecular formula is C52H87N7O9S. The van der Waals surface area contributed by atoms with Gasteiger partial charge in [-0.1, -0.05) is 79.2 Å². The van der Waals surface area contributed by atoms with E-state index in [9.17, 15) is 24.0 Å². The number of benzene rings is 1. The summed E-state index contributed by atoms with van der Waals surface area (Å²) < 4.78 is 23.3. The van der Waals surface area contributed by atoms with Crippen molar-refractivity contribution in [1.82, 2.24) is 29.9 Å². The van der Waals surface area contributed by atoms with Crippen LogP contribution in [0.3, 0.4) is 0 Å². The number of aromatic nitrogens is 1. The molecule has 17 heteroatoms. The zero-order valence-electron chi connectivity index (χ0n) is 44.5. The number of likely N-dealkylation sites (tertiary alicyclic amines) is 1. The van der Waals surface area contributed by atoms with E-state index < -0.39 is 41.9 Å². The summed E-state index contributed by atoms with van der Waals surface area (Å²) in [7, 11) is 8.57. The number of rotatable bonds is 27. The normalized spacial score (nSPS) is 17.7. The smallest absolute Gasteiger partial charge is 0.410 e. The van der Waals surface area contributed by atoms with E-state index in [1.54, 1.807) is 44.3 Å². The Morgan fingerprint density at radius 3 is 2.12 bits per heavy atom. The number of hydrogen-bond donors (Lipinski definition) is 2. The minimum atomic E-state index is -0.667. The van der Waals surface area contributed by atoms with E-state index in [-0.39, 0.29) is 72.6 Å². The number of nitrogens with zero attached hydrogens (tertiary/aromatic N) is 5. The van der Waals surface area contributed by atoms with Crippen molar-refractivity contribution < 1.29 is 42.9 Å². The number of carbonyl (C=O) groups is 5. The van der Waals surface area contributed by atoms with Gasteiger partial charge < -0.3 is 44.7 Å². The van der Waals surface area contributed by atoms with Crippen LogP contribution in [0.4, 0.5) is 4.79 Å². The molecule has 1 fully saturated rings. The van der Waals surface area contributed by atoms with Crippen molar-refractivity contribution in [3.8, 4) is 0 Å². The number of carbonyl (C=O) groups excluding carboxylic acids is 5. The molecule has 0 saturated carbocycles. The highest BCUT2D eigenvalue weighted by Crippen LogP contribution is 2.31. The predicted octanol–water partition coefficient (Wildman–Crippen LogP) is 7.09. The van der Waals surface area contributed by atoms with Crippen LogP contribution >= 0.6 is 11.3 Å². The number of hydrogen-bond acceptors (Lipinski definition) is 13. The highest BCUT2D eigenvalue weighted by molar-refractivity contribution is 7.09. The van der Waals surface area contributed by atoms with Gasteiger partial charge in [0.2, 0.25) is 17.7 Å². The summed E-state index contributed by atoms with van der Waals surface area (Å²) in [6.07, 6.45) is 4.55. The summed E-state index contributed by atoms with van der Waals surface area (Å²) in [6.45, 7) is 21.2. The Hall–Kier alpha value is -4.16. The van der Waals surface area contributed by atoms with Gasteiger partial charge in [0.25, 0.3) is 0 Å². The summed E-state index contributed by atoms with van der Waals surface area (Å²) in [6, 6.07) is 5.60. The van der Waals surface area contributed by atoms with E-state index in [4.69, 9.17) is 24.7 Å². The van der Waals surface area contributed by atoms with Crippen molar-refractivity contribution in [1.29, 1.82) is 0 Å². The minimum Gasteiger partial charge on any atom is -0.460 e. The molecule has 9 atom stereocenters. The molecule has 16 nitrogen and oxygen atoms in total. The first-order valence-corrected chi connectivity index (χ1v) is 25.8. The zero-order valence-corrected chi connectivity index (χ0v) is 45.3. The topological polar surface area (TPSA) is 186 Å². The number of amides is 4. The average molecular weight is 986 g/mol. The lowest BCUT2D eigenvalue weighted by Gasteiger charge is -2.40. The summed E-state index contributed by atoms with van der Waals surface area (Å²) in [4.78, 5) is 79.3. The molecule has 2 heterocycles. The second-order valence-electron chi connectivity index (χ2n) is 20.7. The van der Waals surface area contributed by atoms with E-state index in [1.807, 2.05) is 102 Å². The zero-order chi connectivity index (χ0) is 51.7. The molecule has 0 aliphatic carbocycles. The van der Waals surface area contributed by atoms with Gasteiger partial charge in [0.1, 0.15) is 23.3 Å². The molecule has 1 saturated heterocycles. The highest BCUT2D eigenvalue weighted by atomic mass is 32.1. The number of esters is 1. The third-order valence-electron chi connectivity index (χ3n) is 13.5. The third-order valence-corrected chi connectivity index (χ3v) is 14.4. The van der Waals surface area contributed by atoms with Gasteiger partial charge in [0.05, 0.1) is 48.7 Å². The number of likely N-dealkylation sites (N-methyl/N-ethyl adjacent to an activating group) is 2. The lowest BCUT2D eigenvalue weighted by molar-refractivity contribution is -0.152. The number of thiazole rings is 1. The molecule has 390 valence electrons. The quantitative estimate of drug-likeness (QED) is 0.0685. The molecule has 0 radical (unpaired) electrons. The molecule has 69 heavy (non-hydrogen) atoms. The van der Waals surface area contributed by atoms with Crippen LogP contribution in [-0.4, -0.2) is 151 Å². The van der Waals surface area contributed by atoms with Crippen LogP contribution in [0.5, 0.6) is 0 Å². The summed E-state index contributed by atoms with van der Waals surface area (Å²) in [5.74, 6) is -1.38. The molecule has 3 N–H and O–H groups in total. The minimum absolute atomic E-state index is 0.0244. The number of nitrogens with two attached hydrogens (primary N) is 1. The lowest BCUT2D eigenvalue weighted by Crippen LogP contribution is -2.56. The van der Waals surface area contributed by atoms with Gasteiger partial charge in [-0.25, -0.2) is 9.78 Å². The Balaban J connectivity index is 1.64. The molecule has 0 bridgehead atoms. The molecule has 1 aliphatic heterocycles. The van der Waals surface area contributed by atoms with Crippen LogP contribution in [0.25, 0.3) is 0 Å². The fourth-order valence-electron chi connectivity index (χ4n) is 9.22. The Morgan fingerprint density at radius 2 is 1.57 bits per heavy atom. The van der Waals surface area contributed by atoms with Gasteiger partial charge in [0.15, 0.2) is 0 Å². The monoisotopic (exact) mass is 986 g/mol. The molecule has 3 rings (SSSR count). The Bertz CT molecular complexity index is 1890. The Morgan fingerprint density at radius 1 is 0.928 bits per heavy atom. The summed E-state index contributed by atoms with van der Waals surface area (Å²) in [5, 5.41) is 5.90. The average Bonchev–Trinajstić information content (AvgIpc) is 4.02. The molecule has 1 aromatic carbocycles. The van der Waals surface area contributed by atoms with E-state index >= 15 is 0 Å². The Labute approximate surface area is 417 Å². The van der Waals surface area contributed by atoms with E-state index in [0.717, 1.165) is 41.8 Å². The molecule has 1 aromatic heterocycles. The van der Waals surface area contributed by atoms with Gasteiger partial charge >= 0.3 is 12.1 Å². The summed E-state index contributed by atoms with van der Waals surface area (Å²) >= 11 is 1.46. The van der Waals surface area contributed by atoms with Gasteiger partial charge in [0, 0.05) is 53.0 Å². The molecule has 4 amide bonds. The fourth-order valence-corrected chi connectivity index (χ4v) is 9.91. The largest absolute Gasteiger partial charge is 0.460 e. The van der Waals surface area contributed by atoms with Crippen molar-refractivity contribution in [2.24, 2.45) is 29.4 Å². The molecule has 0 spiro atoms. The van der Waals surface area contributed by atoms with Crippen LogP contribution in [-0.2, 0) is 51.2 Å². The number of methoxy groups -OCH3 is 2. The Kier molecular flexibility index (Phi) is 24.0. The van der Waals surface area contributed by atoms with Gasteiger partial charge in [-0.2, -0.15) is 0 Å². The van der Waals surface area contributed by atoms with Crippen molar-refractivity contribution in [3.05, 3.63) is 52.0 Å². The highest BCUT2D eigenvalue weighted by Gasteiger charge is 2.43. The number of nitrogens with one attached hydrogen (secondary N) is 1. The van der Waals surface area contributed by atoms with Gasteiger partial charge in [-0.15, -0.1) is 11.3 Å². The van der Waals surface area contributed by atoms with Crippen LogP contribution in [0.1, 0.15) is 130 Å². The number of unbranched alkanes of at least 4 members (excludes halogenated alkanes) is 1. The van der Waals surface area contributed by atoms with Gasteiger partial charge in [-0.05, 0) is 95.3 Å². The van der Waals surface area contributed by atoms with E-state index in [2.05, 4.69) is 24.1 Å². The maximum Gasteiger partial charge on any atom is 0.410 e. The van der Waals surface area contributed by atoms with Crippen LogP contribution in [0.2, 0.25) is 0 Å². The molecule has 1 aliphatic rings. The molecule has 0 unspecified atom stereocenters. The van der Waals surface area contributed by atoms with Crippen LogP contribution in [0, 0.1) is 23.7 Å². The lowest BCUT2D eigenvalue weighted by atomic mass is 9.89. The first-order valence-electron chi connectivity index (χ1n) is 24.9. The SMILES string of the molecule is CC[C@H](C)[C@@H]([C@@H](CC(=O)N1CCC[C@H]1[C@H](OC)[C@@H](C)C(=O)N[C@@H](Cc1ccc(COC(=O)[C@H](C(C)C)N(C)CCCCN(C)C(=O)OC(C)(C)C)cc1)c1nccs1)OC)N(C)C(=O)[C@@H](N)C(C)C. The van der Waals surface area contributed by atoms with Crippen LogP contribution in [0.15, 0.2) is 35.8 Å². The second kappa shape index (κ2) is 28.0. The fraction of sp³-hybridized carbons (Fsp3) is 0.731. The maximum atomic E-state index is 14.2. The summed E-state index contributed by atoms with van der Waals surface area (Å²) in [5.41, 5.74) is 7.55. The predicted molar refractivity (Wildman–Crippen MR) is 271 cm³/mol. The van der Waals surface area contributed by atoms with E-state index in [1.165, 1.54) is 11.3 Å². The first-order chi connectivity index (χ1) is 32.4. The standard InChI is InChI=1S/C52H87N7O9S/c1-16-35(6)45(58(13)49(62)43(53)33(2)3)41(65-14)31-42(60)59-28-19-20-40(59)46(66-15)36(7)47(61)55-39(48-54-25-29-69-48)30-37-21-23-38(24-22-37)32-67-50(63)44(34(4)5)56(11)26-17-18-27-57(12)51(64)68-52(8,9)10/h21-25,29,33-36,39-41,43-46H,16-20,26-28,30-32,53H2,1-15H3,(H,55,61)/t35-,36+,39-,40-,41+,43-,44-,45-,46+/m0/s1. The van der Waals surface area contributed by atoms with Crippen molar-refractivity contribution in [2.45, 2.75) is 169 Å². The van der Waals surface area contributed by atoms with Crippen molar-refractivity contribution in [3.63, 3.8) is 0 Å². The van der Waals surface area contributed by atoms with Gasteiger partial charge in [-0.3, -0.25) is 24.1 Å².